The van der Waals surface area contributed by atoms with Crippen LogP contribution in [0.4, 0.5) is 11.5 Å². The van der Waals surface area contributed by atoms with Crippen LogP contribution < -0.4 is 9.80 Å². The van der Waals surface area contributed by atoms with Crippen LogP contribution in [0.25, 0.3) is 0 Å². The zero-order valence-corrected chi connectivity index (χ0v) is 15.8. The van der Waals surface area contributed by atoms with Gasteiger partial charge in [0.2, 0.25) is 5.91 Å². The molecule has 2 aromatic rings. The van der Waals surface area contributed by atoms with Gasteiger partial charge in [-0.05, 0) is 40.2 Å². The van der Waals surface area contributed by atoms with Gasteiger partial charge in [0, 0.05) is 36.8 Å². The number of hydrogen-bond acceptors (Lipinski definition) is 5. The number of nitrogens with zero attached hydrogens (tertiary/aromatic N) is 4. The third-order valence-electron chi connectivity index (χ3n) is 4.94. The van der Waals surface area contributed by atoms with Gasteiger partial charge in [-0.1, -0.05) is 18.2 Å². The molecule has 0 aliphatic carbocycles. The van der Waals surface area contributed by atoms with Crippen LogP contribution in [0.5, 0.6) is 0 Å². The lowest BCUT2D eigenvalue weighted by atomic mass is 10.1. The number of imide groups is 1. The Morgan fingerprint density at radius 2 is 1.69 bits per heavy atom. The Hall–Kier alpha value is -2.25. The molecule has 6 nitrogen and oxygen atoms in total. The number of hydrogen-bond donors (Lipinski definition) is 0. The topological polar surface area (TPSA) is 56.8 Å². The van der Waals surface area contributed by atoms with E-state index in [2.05, 4.69) is 30.7 Å². The van der Waals surface area contributed by atoms with Gasteiger partial charge in [0.1, 0.15) is 5.82 Å². The van der Waals surface area contributed by atoms with Crippen molar-refractivity contribution >= 4 is 39.2 Å². The van der Waals surface area contributed by atoms with E-state index in [0.29, 0.717) is 5.69 Å². The molecule has 0 spiro atoms. The molecule has 4 rings (SSSR count). The molecule has 0 bridgehead atoms. The average molecular weight is 415 g/mol. The molecule has 134 valence electrons. The first-order chi connectivity index (χ1) is 12.6. The highest BCUT2D eigenvalue weighted by molar-refractivity contribution is 9.10. The van der Waals surface area contributed by atoms with Gasteiger partial charge in [-0.25, -0.2) is 9.88 Å². The Labute approximate surface area is 160 Å². The zero-order chi connectivity index (χ0) is 18.1. The third-order valence-corrected chi connectivity index (χ3v) is 5.62. The lowest BCUT2D eigenvalue weighted by Crippen LogP contribution is -2.52. The SMILES string of the molecule is O=C1C[C@H](N2CCN(c3ccccn3)CC2)C(=O)N1c1ccccc1Br. The molecule has 0 N–H and O–H groups in total. The summed E-state index contributed by atoms with van der Waals surface area (Å²) in [4.78, 5) is 35.5. The van der Waals surface area contributed by atoms with E-state index in [9.17, 15) is 9.59 Å². The highest BCUT2D eigenvalue weighted by Crippen LogP contribution is 2.32. The quantitative estimate of drug-likeness (QED) is 0.721. The van der Waals surface area contributed by atoms with Crippen molar-refractivity contribution in [3.63, 3.8) is 0 Å². The van der Waals surface area contributed by atoms with E-state index in [4.69, 9.17) is 0 Å². The highest BCUT2D eigenvalue weighted by atomic mass is 79.9. The first-order valence-electron chi connectivity index (χ1n) is 8.66. The maximum atomic E-state index is 12.9. The minimum atomic E-state index is -0.375. The smallest absolute Gasteiger partial charge is 0.251 e. The van der Waals surface area contributed by atoms with E-state index in [1.54, 1.807) is 12.3 Å². The molecule has 1 aromatic carbocycles. The second kappa shape index (κ2) is 7.17. The predicted molar refractivity (Wildman–Crippen MR) is 103 cm³/mol. The van der Waals surface area contributed by atoms with Gasteiger partial charge in [-0.15, -0.1) is 0 Å². The molecule has 2 aliphatic heterocycles. The average Bonchev–Trinajstić information content (AvgIpc) is 2.97. The summed E-state index contributed by atoms with van der Waals surface area (Å²) < 4.78 is 0.752. The lowest BCUT2D eigenvalue weighted by molar-refractivity contribution is -0.123. The highest BCUT2D eigenvalue weighted by Gasteiger charge is 2.43. The Bertz CT molecular complexity index is 821. The summed E-state index contributed by atoms with van der Waals surface area (Å²) in [5.74, 6) is 0.683. The molecule has 0 radical (unpaired) electrons. The van der Waals surface area contributed by atoms with Crippen molar-refractivity contribution in [1.82, 2.24) is 9.88 Å². The number of halogens is 1. The fourth-order valence-corrected chi connectivity index (χ4v) is 4.05. The zero-order valence-electron chi connectivity index (χ0n) is 14.2. The molecule has 2 amide bonds. The predicted octanol–water partition coefficient (Wildman–Crippen LogP) is 2.30. The van der Waals surface area contributed by atoms with Crippen LogP contribution in [0.1, 0.15) is 6.42 Å². The largest absolute Gasteiger partial charge is 0.354 e. The van der Waals surface area contributed by atoms with Crippen molar-refractivity contribution in [2.45, 2.75) is 12.5 Å². The standard InChI is InChI=1S/C19H19BrN4O2/c20-14-5-1-2-6-15(14)24-18(25)13-16(19(24)26)22-9-11-23(12-10-22)17-7-3-4-8-21-17/h1-8,16H,9-13H2/t16-/m0/s1. The van der Waals surface area contributed by atoms with Gasteiger partial charge in [0.05, 0.1) is 18.2 Å². The molecule has 2 aliphatic rings. The third kappa shape index (κ3) is 3.12. The summed E-state index contributed by atoms with van der Waals surface area (Å²) in [6, 6.07) is 12.8. The lowest BCUT2D eigenvalue weighted by Gasteiger charge is -2.37. The number of carbonyl (C=O) groups is 2. The number of anilines is 2. The van der Waals surface area contributed by atoms with Crippen molar-refractivity contribution in [3.8, 4) is 0 Å². The number of rotatable bonds is 3. The van der Waals surface area contributed by atoms with Gasteiger partial charge in [0.15, 0.2) is 0 Å². The molecule has 0 saturated carbocycles. The molecule has 3 heterocycles. The first-order valence-corrected chi connectivity index (χ1v) is 9.46. The fraction of sp³-hybridized carbons (Fsp3) is 0.316. The number of pyridine rings is 1. The van der Waals surface area contributed by atoms with E-state index < -0.39 is 0 Å². The fourth-order valence-electron chi connectivity index (χ4n) is 3.59. The molecule has 7 heteroatoms. The Balaban J connectivity index is 1.46. The second-order valence-corrected chi connectivity index (χ2v) is 7.30. The Morgan fingerprint density at radius 1 is 0.962 bits per heavy atom. The van der Waals surface area contributed by atoms with Crippen LogP contribution in [0.3, 0.4) is 0 Å². The van der Waals surface area contributed by atoms with Crippen molar-refractivity contribution in [2.75, 3.05) is 36.0 Å². The minimum absolute atomic E-state index is 0.131. The summed E-state index contributed by atoms with van der Waals surface area (Å²) in [5, 5.41) is 0. The maximum absolute atomic E-state index is 12.9. The number of aromatic nitrogens is 1. The van der Waals surface area contributed by atoms with Crippen molar-refractivity contribution in [1.29, 1.82) is 0 Å². The molecule has 1 atom stereocenters. The molecular formula is C19H19BrN4O2. The molecule has 1 aromatic heterocycles. The normalized spacial score (nSPS) is 21.5. The summed E-state index contributed by atoms with van der Waals surface area (Å²) in [5.41, 5.74) is 0.622. The monoisotopic (exact) mass is 414 g/mol. The van der Waals surface area contributed by atoms with E-state index in [0.717, 1.165) is 36.5 Å². The molecule has 2 saturated heterocycles. The van der Waals surface area contributed by atoms with Gasteiger partial charge >= 0.3 is 0 Å². The van der Waals surface area contributed by atoms with Crippen LogP contribution in [0.2, 0.25) is 0 Å². The minimum Gasteiger partial charge on any atom is -0.354 e. The summed E-state index contributed by atoms with van der Waals surface area (Å²) >= 11 is 3.44. The van der Waals surface area contributed by atoms with Crippen LogP contribution in [0.15, 0.2) is 53.1 Å². The maximum Gasteiger partial charge on any atom is 0.251 e. The Kier molecular flexibility index (Phi) is 4.74. The Morgan fingerprint density at radius 3 is 2.38 bits per heavy atom. The van der Waals surface area contributed by atoms with E-state index in [1.165, 1.54) is 4.90 Å². The summed E-state index contributed by atoms with van der Waals surface area (Å²) in [7, 11) is 0. The van der Waals surface area contributed by atoms with Gasteiger partial charge < -0.3 is 4.90 Å². The van der Waals surface area contributed by atoms with E-state index >= 15 is 0 Å². The van der Waals surface area contributed by atoms with Gasteiger partial charge in [-0.2, -0.15) is 0 Å². The van der Waals surface area contributed by atoms with Gasteiger partial charge in [-0.3, -0.25) is 14.5 Å². The van der Waals surface area contributed by atoms with Crippen LogP contribution >= 0.6 is 15.9 Å². The number of piperazine rings is 1. The molecule has 2 fully saturated rings. The number of benzene rings is 1. The second-order valence-electron chi connectivity index (χ2n) is 6.45. The number of carbonyl (C=O) groups excluding carboxylic acids is 2. The number of para-hydroxylation sites is 1. The van der Waals surface area contributed by atoms with Crippen molar-refractivity contribution in [3.05, 3.63) is 53.1 Å². The molecule has 26 heavy (non-hydrogen) atoms. The molecular weight excluding hydrogens is 396 g/mol. The van der Waals surface area contributed by atoms with E-state index in [1.807, 2.05) is 36.4 Å². The van der Waals surface area contributed by atoms with E-state index in [-0.39, 0.29) is 24.3 Å². The molecule has 0 unspecified atom stereocenters. The summed E-state index contributed by atoms with van der Waals surface area (Å²) in [6.45, 7) is 3.07. The van der Waals surface area contributed by atoms with Crippen molar-refractivity contribution in [2.24, 2.45) is 0 Å². The number of amides is 2. The van der Waals surface area contributed by atoms with Crippen molar-refractivity contribution < 1.29 is 9.59 Å². The van der Waals surface area contributed by atoms with Crippen LogP contribution in [-0.2, 0) is 9.59 Å². The first kappa shape index (κ1) is 17.2. The van der Waals surface area contributed by atoms with Gasteiger partial charge in [0.25, 0.3) is 5.91 Å². The summed E-state index contributed by atoms with van der Waals surface area (Å²) in [6.07, 6.45) is 2.03. The van der Waals surface area contributed by atoms with Crippen LogP contribution in [-0.4, -0.2) is 53.9 Å². The van der Waals surface area contributed by atoms with Crippen LogP contribution in [0, 0.1) is 0 Å².